The number of carbonyl (C=O) groups is 2. The van der Waals surface area contributed by atoms with E-state index in [4.69, 9.17) is 18.5 Å². The molecule has 10 heteroatoms. The zero-order valence-electron chi connectivity index (χ0n) is 61.4. The molecule has 0 amide bonds. The van der Waals surface area contributed by atoms with Crippen LogP contribution in [0.4, 0.5) is 0 Å². The van der Waals surface area contributed by atoms with Gasteiger partial charge in [-0.25, -0.2) is 4.57 Å². The van der Waals surface area contributed by atoms with Gasteiger partial charge >= 0.3 is 19.8 Å². The summed E-state index contributed by atoms with van der Waals surface area (Å²) in [4.78, 5) is 36.0. The quantitative estimate of drug-likeness (QED) is 0.0211. The number of phosphoric ester groups is 1. The minimum atomic E-state index is -4.41. The van der Waals surface area contributed by atoms with Crippen LogP contribution < -0.4 is 0 Å². The van der Waals surface area contributed by atoms with Crippen LogP contribution in [0.2, 0.25) is 0 Å². The molecule has 0 spiro atoms. The largest absolute Gasteiger partial charge is 0.472 e. The van der Waals surface area contributed by atoms with Crippen LogP contribution in [0, 0.1) is 0 Å². The maximum atomic E-state index is 12.9. The highest BCUT2D eigenvalue weighted by atomic mass is 31.2. The molecule has 0 fully saturated rings. The van der Waals surface area contributed by atoms with E-state index in [0.29, 0.717) is 17.4 Å². The Kier molecular flexibility index (Phi) is 69.9. The van der Waals surface area contributed by atoms with E-state index >= 15 is 0 Å². The summed E-state index contributed by atoms with van der Waals surface area (Å²) in [5.41, 5.74) is 0. The summed E-state index contributed by atoms with van der Waals surface area (Å²) in [6, 6.07) is 0. The molecule has 2 atom stereocenters. The minimum Gasteiger partial charge on any atom is -0.462 e. The van der Waals surface area contributed by atoms with Gasteiger partial charge in [0.2, 0.25) is 0 Å². The Balaban J connectivity index is 4.07. The van der Waals surface area contributed by atoms with Crippen LogP contribution in [0.3, 0.4) is 0 Å². The van der Waals surface area contributed by atoms with Crippen molar-refractivity contribution in [3.05, 3.63) is 146 Å². The summed E-state index contributed by atoms with van der Waals surface area (Å²) < 4.78 is 34.8. The van der Waals surface area contributed by atoms with Gasteiger partial charge in [-0.3, -0.25) is 18.6 Å². The van der Waals surface area contributed by atoms with Gasteiger partial charge in [-0.1, -0.05) is 333 Å². The van der Waals surface area contributed by atoms with Gasteiger partial charge in [-0.15, -0.1) is 0 Å². The van der Waals surface area contributed by atoms with Crippen LogP contribution >= 0.6 is 7.82 Å². The van der Waals surface area contributed by atoms with Gasteiger partial charge < -0.3 is 18.9 Å². The molecule has 0 aromatic heterocycles. The molecule has 0 aliphatic carbocycles. The second-order valence-corrected chi connectivity index (χ2v) is 28.1. The number of hydrogen-bond acceptors (Lipinski definition) is 7. The summed E-state index contributed by atoms with van der Waals surface area (Å²) in [6.07, 6.45) is 108. The van der Waals surface area contributed by atoms with E-state index < -0.39 is 26.5 Å². The number of esters is 2. The van der Waals surface area contributed by atoms with Crippen molar-refractivity contribution in [1.82, 2.24) is 0 Å². The van der Waals surface area contributed by atoms with E-state index in [2.05, 4.69) is 160 Å². The van der Waals surface area contributed by atoms with Gasteiger partial charge in [0.1, 0.15) is 19.8 Å². The van der Waals surface area contributed by atoms with Crippen molar-refractivity contribution in [3.63, 3.8) is 0 Å². The summed E-state index contributed by atoms with van der Waals surface area (Å²) in [7, 11) is 1.46. The number of quaternary nitrogens is 1. The summed E-state index contributed by atoms with van der Waals surface area (Å²) >= 11 is 0. The zero-order chi connectivity index (χ0) is 68.3. The first-order valence-corrected chi connectivity index (χ1v) is 40.1. The summed E-state index contributed by atoms with van der Waals surface area (Å²) in [5.74, 6) is -0.812. The van der Waals surface area contributed by atoms with Crippen molar-refractivity contribution in [2.24, 2.45) is 0 Å². The fourth-order valence-electron chi connectivity index (χ4n) is 10.5. The summed E-state index contributed by atoms with van der Waals surface area (Å²) in [6.45, 7) is 4.31. The second kappa shape index (κ2) is 73.1. The Bertz CT molecular complexity index is 2100. The Morgan fingerprint density at radius 2 is 0.606 bits per heavy atom. The lowest BCUT2D eigenvalue weighted by Crippen LogP contribution is -2.37. The molecule has 0 saturated carbocycles. The van der Waals surface area contributed by atoms with Crippen molar-refractivity contribution in [1.29, 1.82) is 0 Å². The van der Waals surface area contributed by atoms with Crippen molar-refractivity contribution in [2.45, 2.75) is 328 Å². The number of likely N-dealkylation sites (N-methyl/N-ethyl adjacent to an activating group) is 1. The van der Waals surface area contributed by atoms with Gasteiger partial charge in [0.25, 0.3) is 0 Å². The maximum absolute atomic E-state index is 12.9. The molecule has 0 aliphatic heterocycles. The van der Waals surface area contributed by atoms with Gasteiger partial charge in [0.15, 0.2) is 6.10 Å². The molecule has 0 aromatic rings. The maximum Gasteiger partial charge on any atom is 0.472 e. The first kappa shape index (κ1) is 89.9. The molecular weight excluding hydrogens is 1180 g/mol. The molecule has 9 nitrogen and oxygen atoms in total. The van der Waals surface area contributed by atoms with Crippen LogP contribution in [-0.4, -0.2) is 74.9 Å². The number of rotatable bonds is 70. The predicted molar refractivity (Wildman–Crippen MR) is 408 cm³/mol. The normalized spacial score (nSPS) is 13.9. The lowest BCUT2D eigenvalue weighted by molar-refractivity contribution is -0.870. The van der Waals surface area contributed by atoms with Crippen molar-refractivity contribution >= 4 is 19.8 Å². The van der Waals surface area contributed by atoms with Gasteiger partial charge in [0, 0.05) is 12.8 Å². The molecule has 0 rings (SSSR count). The molecule has 0 bridgehead atoms. The minimum absolute atomic E-state index is 0.0227. The number of unbranched alkanes of at least 4 members (excludes halogenated alkanes) is 32. The van der Waals surface area contributed by atoms with E-state index in [0.717, 1.165) is 128 Å². The second-order valence-electron chi connectivity index (χ2n) is 26.7. The van der Waals surface area contributed by atoms with E-state index in [9.17, 15) is 19.0 Å². The third kappa shape index (κ3) is 76.9. The van der Waals surface area contributed by atoms with Crippen LogP contribution in [0.25, 0.3) is 0 Å². The third-order valence-electron chi connectivity index (χ3n) is 16.4. The number of nitrogens with zero attached hydrogens (tertiary/aromatic N) is 1. The van der Waals surface area contributed by atoms with Crippen LogP contribution in [0.5, 0.6) is 0 Å². The fourth-order valence-corrected chi connectivity index (χ4v) is 11.2. The Morgan fingerprint density at radius 1 is 0.340 bits per heavy atom. The molecule has 0 heterocycles. The van der Waals surface area contributed by atoms with E-state index in [1.807, 2.05) is 21.1 Å². The van der Waals surface area contributed by atoms with E-state index in [1.54, 1.807) is 0 Å². The molecular formula is C84H145NO8P+. The molecule has 538 valence electrons. The standard InChI is InChI=1S/C84H144NO8P/c1-6-8-10-12-14-16-18-20-22-24-26-28-30-32-34-36-38-40-41-42-43-45-47-49-51-53-55-57-59-61-63-65-67-69-71-73-75-77-84(87)93-82(81-92-94(88,89)91-79-78-85(3,4)5)80-90-83(86)76-74-72-70-68-66-64-62-60-58-56-54-52-50-48-46-44-39-37-35-33-31-29-27-25-23-21-19-17-15-13-11-9-7-2/h8,10,14,16,19-22,25-28,32,34,38,40,42-43,47,49,53,55,59,61,82H,6-7,9,11-13,15,17-18,23-24,29-31,33,35-37,39,41,44-46,48,50-52,54,56-58,60,62-81H2,1-5H3/p+1/b10-8-,16-14-,21-19-,22-20-,27-25-,28-26-,34-32-,40-38-,43-42-,49-47-,55-53-,61-59-. The lowest BCUT2D eigenvalue weighted by Gasteiger charge is -2.24. The average Bonchev–Trinajstić information content (AvgIpc) is 1.56. The molecule has 0 saturated heterocycles. The van der Waals surface area contributed by atoms with E-state index in [1.165, 1.54) is 161 Å². The van der Waals surface area contributed by atoms with Crippen LogP contribution in [-0.2, 0) is 32.7 Å². The van der Waals surface area contributed by atoms with E-state index in [-0.39, 0.29) is 32.0 Å². The zero-order valence-corrected chi connectivity index (χ0v) is 62.3. The Labute approximate surface area is 580 Å². The van der Waals surface area contributed by atoms with Gasteiger partial charge in [-0.2, -0.15) is 0 Å². The number of carbonyl (C=O) groups excluding carboxylic acids is 2. The first-order chi connectivity index (χ1) is 46.0. The number of hydrogen-bond donors (Lipinski definition) is 1. The first-order valence-electron chi connectivity index (χ1n) is 38.6. The molecule has 0 aliphatic rings. The Hall–Kier alpha value is -4.11. The monoisotopic (exact) mass is 1330 g/mol. The third-order valence-corrected chi connectivity index (χ3v) is 17.3. The highest BCUT2D eigenvalue weighted by molar-refractivity contribution is 7.47. The summed E-state index contributed by atoms with van der Waals surface area (Å²) in [5, 5.41) is 0. The van der Waals surface area contributed by atoms with Crippen LogP contribution in [0.15, 0.2) is 146 Å². The molecule has 2 unspecified atom stereocenters. The van der Waals surface area contributed by atoms with Gasteiger partial charge in [-0.05, 0) is 122 Å². The highest BCUT2D eigenvalue weighted by Gasteiger charge is 2.27. The molecule has 94 heavy (non-hydrogen) atoms. The smallest absolute Gasteiger partial charge is 0.462 e. The topological polar surface area (TPSA) is 108 Å². The highest BCUT2D eigenvalue weighted by Crippen LogP contribution is 2.43. The number of phosphoric acid groups is 1. The fraction of sp³-hybridized carbons (Fsp3) is 0.690. The average molecular weight is 1330 g/mol. The van der Waals surface area contributed by atoms with Crippen molar-refractivity contribution in [3.8, 4) is 0 Å². The van der Waals surface area contributed by atoms with Crippen molar-refractivity contribution < 1.29 is 42.1 Å². The van der Waals surface area contributed by atoms with Gasteiger partial charge in [0.05, 0.1) is 27.7 Å². The van der Waals surface area contributed by atoms with Crippen molar-refractivity contribution in [2.75, 3.05) is 47.5 Å². The Morgan fingerprint density at radius 3 is 0.904 bits per heavy atom. The number of ether oxygens (including phenoxy) is 2. The lowest BCUT2D eigenvalue weighted by atomic mass is 10.0. The predicted octanol–water partition coefficient (Wildman–Crippen LogP) is 25.7. The molecule has 1 N–H and O–H groups in total. The molecule has 0 radical (unpaired) electrons. The van der Waals surface area contributed by atoms with Crippen LogP contribution in [0.1, 0.15) is 322 Å². The SMILES string of the molecule is CC/C=C\C/C=C\C/C=C\C/C=C\C/C=C\C/C=C\C/C=C\C/C=C\C/C=C\C/C=C\CCCCCCCCC(=O)OC(COC(=O)CCCCCCCCCCCCCCCCCCCCCCC/C=C\C/C=C\CCCCCCC)COP(=O)(O)OCC[N+](C)(C)C. The molecule has 0 aromatic carbocycles. The number of allylic oxidation sites excluding steroid dienone is 24.